The summed E-state index contributed by atoms with van der Waals surface area (Å²) >= 11 is 0. The first-order valence-electron chi connectivity index (χ1n) is 33.0. The Kier molecular flexibility index (Phi) is 21.5. The van der Waals surface area contributed by atoms with Crippen LogP contribution in [-0.4, -0.2) is 21.4 Å². The van der Waals surface area contributed by atoms with Gasteiger partial charge in [0, 0.05) is 35.1 Å². The molecule has 3 atom stereocenters. The van der Waals surface area contributed by atoms with Crippen molar-refractivity contribution in [3.05, 3.63) is 388 Å². The van der Waals surface area contributed by atoms with Gasteiger partial charge in [-0.1, -0.05) is 224 Å². The van der Waals surface area contributed by atoms with E-state index in [4.69, 9.17) is 42.6 Å². The molecule has 0 aliphatic carbocycles. The number of ether oxygens (including phenoxy) is 9. The highest BCUT2D eigenvalue weighted by atomic mass is 16.5. The van der Waals surface area contributed by atoms with Gasteiger partial charge < -0.3 is 58.0 Å². The van der Waals surface area contributed by atoms with E-state index in [9.17, 15) is 15.3 Å². The smallest absolute Gasteiger partial charge is 0.180 e. The van der Waals surface area contributed by atoms with Crippen molar-refractivity contribution in [1.82, 2.24) is 0 Å². The number of rotatable bonds is 21. The lowest BCUT2D eigenvalue weighted by Gasteiger charge is -2.31. The minimum atomic E-state index is -0.731. The zero-order valence-corrected chi connectivity index (χ0v) is 54.4. The molecule has 0 saturated heterocycles. The summed E-state index contributed by atoms with van der Waals surface area (Å²) in [5.41, 5.74) is 11.8. The van der Waals surface area contributed by atoms with Crippen LogP contribution in [0, 0.1) is 0 Å². The number of fused-ring (bicyclic) bond motifs is 3. The van der Waals surface area contributed by atoms with Crippen LogP contribution in [-0.2, 0) is 62.0 Å². The number of hydrogen-bond acceptors (Lipinski definition) is 12. The average Bonchev–Trinajstić information content (AvgIpc) is 0.922. The van der Waals surface area contributed by atoms with Crippen molar-refractivity contribution in [2.45, 2.75) is 70.8 Å². The van der Waals surface area contributed by atoms with Crippen LogP contribution < -0.4 is 33.2 Å². The first-order valence-corrected chi connectivity index (χ1v) is 33.0. The maximum Gasteiger partial charge on any atom is 0.180 e. The maximum absolute atomic E-state index is 10.2. The van der Waals surface area contributed by atoms with E-state index in [1.165, 1.54) is 0 Å². The highest BCUT2D eigenvalue weighted by Crippen LogP contribution is 2.45. The molecule has 0 aromatic heterocycles. The Hall–Kier alpha value is -12.1. The third-order valence-electron chi connectivity index (χ3n) is 16.8. The van der Waals surface area contributed by atoms with E-state index >= 15 is 0 Å². The summed E-state index contributed by atoms with van der Waals surface area (Å²) in [6.07, 6.45) is 1.33. The van der Waals surface area contributed by atoms with Crippen LogP contribution in [0.2, 0.25) is 0 Å². The number of aliphatic hydroxyl groups is 1. The summed E-state index contributed by atoms with van der Waals surface area (Å²) in [4.78, 5) is 0. The summed E-state index contributed by atoms with van der Waals surface area (Å²) < 4.78 is 56.1. The Labute approximate surface area is 577 Å². The molecule has 12 heteroatoms. The summed E-state index contributed by atoms with van der Waals surface area (Å²) in [6, 6.07) is 100. The van der Waals surface area contributed by atoms with E-state index in [0.29, 0.717) is 69.6 Å². The second-order valence-corrected chi connectivity index (χ2v) is 23.9. The number of benzene rings is 12. The second kappa shape index (κ2) is 32.5. The van der Waals surface area contributed by atoms with Gasteiger partial charge in [-0.05, 0) is 130 Å². The standard InChI is InChI=1S/2C36H30O4.C15H14O4/c2*1-4-11-27(12-5-1)24-37-31-21-19-30(20-22-31)36-35(39-26-29-15-8-3-9-16-29)23-32-33(17-10-18-34(32)40-36)38-25-28-13-6-2-7-14-28;16-10-6-4-9(5-7-10)15-13(18)8-11-12(17)2-1-3-14(11)19-15/h1-22H,23-26H2;1-23,36H,24-26H2;1-7,13,15-18H,8H2/t;;13-,15?/m..1/s1. The molecule has 3 aliphatic rings. The molecule has 494 valence electrons. The van der Waals surface area contributed by atoms with Gasteiger partial charge in [0.25, 0.3) is 0 Å². The molecule has 12 aromatic rings. The van der Waals surface area contributed by atoms with E-state index in [0.717, 1.165) is 107 Å². The predicted octanol–water partition coefficient (Wildman–Crippen LogP) is 19.0. The molecule has 0 saturated carbocycles. The van der Waals surface area contributed by atoms with Crippen molar-refractivity contribution in [1.29, 1.82) is 0 Å². The molecule has 0 fully saturated rings. The lowest BCUT2D eigenvalue weighted by molar-refractivity contribution is 0.0200. The summed E-state index contributed by atoms with van der Waals surface area (Å²) in [5.74, 6) is 7.79. The third-order valence-corrected chi connectivity index (χ3v) is 16.8. The SMILES string of the molecule is C1=C(OCc2ccccc2)C(c2ccc(OCc3ccccc3)cc2)Oc2cccc(OCc3ccccc3)c21.Oc1ccc(C2Oc3cccc(O)c3C[C@H]2O)cc1.c1ccc(COC2=C(c3ccc(OCc4ccccc4)cc3)Oc3cccc(OCc4ccccc4)c3C2)cc1. The van der Waals surface area contributed by atoms with Crippen LogP contribution in [0.25, 0.3) is 11.8 Å². The highest BCUT2D eigenvalue weighted by Gasteiger charge is 2.32. The highest BCUT2D eigenvalue weighted by molar-refractivity contribution is 5.70. The largest absolute Gasteiger partial charge is 0.508 e. The van der Waals surface area contributed by atoms with E-state index < -0.39 is 18.3 Å². The van der Waals surface area contributed by atoms with Gasteiger partial charge >= 0.3 is 0 Å². The fourth-order valence-electron chi connectivity index (χ4n) is 11.6. The number of phenolic OH excluding ortho intramolecular Hbond substituents is 2. The molecule has 3 heterocycles. The molecule has 2 unspecified atom stereocenters. The van der Waals surface area contributed by atoms with Gasteiger partial charge in [0.2, 0.25) is 0 Å². The topological polar surface area (TPSA) is 144 Å². The van der Waals surface area contributed by atoms with Crippen LogP contribution in [0.15, 0.2) is 321 Å². The van der Waals surface area contributed by atoms with Crippen LogP contribution in [0.5, 0.6) is 51.7 Å². The molecule has 15 rings (SSSR count). The average molecular weight is 1310 g/mol. The van der Waals surface area contributed by atoms with Gasteiger partial charge in [-0.15, -0.1) is 0 Å². The van der Waals surface area contributed by atoms with Crippen molar-refractivity contribution < 1.29 is 58.0 Å². The monoisotopic (exact) mass is 1310 g/mol. The predicted molar refractivity (Wildman–Crippen MR) is 383 cm³/mol. The molecule has 0 amide bonds. The Bertz CT molecular complexity index is 4590. The maximum atomic E-state index is 10.2. The van der Waals surface area contributed by atoms with Gasteiger partial charge in [-0.3, -0.25) is 0 Å². The molecule has 0 bridgehead atoms. The first-order chi connectivity index (χ1) is 48.8. The van der Waals surface area contributed by atoms with Crippen LogP contribution in [0.4, 0.5) is 0 Å². The minimum absolute atomic E-state index is 0.140. The number of phenols is 2. The summed E-state index contributed by atoms with van der Waals surface area (Å²) in [5, 5.41) is 29.2. The van der Waals surface area contributed by atoms with Gasteiger partial charge in [0.1, 0.15) is 109 Å². The quantitative estimate of drug-likeness (QED) is 0.0630. The number of aromatic hydroxyl groups is 2. The van der Waals surface area contributed by atoms with Gasteiger partial charge in [0.05, 0.1) is 11.7 Å². The van der Waals surface area contributed by atoms with E-state index in [-0.39, 0.29) is 11.5 Å². The second-order valence-electron chi connectivity index (χ2n) is 23.9. The molecule has 3 aliphatic heterocycles. The van der Waals surface area contributed by atoms with Crippen molar-refractivity contribution in [2.24, 2.45) is 0 Å². The van der Waals surface area contributed by atoms with E-state index in [2.05, 4.69) is 72.8 Å². The van der Waals surface area contributed by atoms with Gasteiger partial charge in [-0.2, -0.15) is 0 Å². The number of allylic oxidation sites excluding steroid dienone is 1. The van der Waals surface area contributed by atoms with Crippen LogP contribution >= 0.6 is 0 Å². The Balaban J connectivity index is 0.000000142. The van der Waals surface area contributed by atoms with Gasteiger partial charge in [-0.25, -0.2) is 0 Å². The first kappa shape index (κ1) is 65.5. The Morgan fingerprint density at radius 3 is 1.32 bits per heavy atom. The van der Waals surface area contributed by atoms with E-state index in [1.54, 1.807) is 42.5 Å². The van der Waals surface area contributed by atoms with Crippen LogP contribution in [0.3, 0.4) is 0 Å². The lowest BCUT2D eigenvalue weighted by Crippen LogP contribution is -2.30. The molecule has 3 N–H and O–H groups in total. The normalized spacial score (nSPS) is 14.7. The molecular formula is C87H74O12. The minimum Gasteiger partial charge on any atom is -0.508 e. The lowest BCUT2D eigenvalue weighted by atomic mass is 9.94. The van der Waals surface area contributed by atoms with Crippen molar-refractivity contribution in [2.75, 3.05) is 0 Å². The van der Waals surface area contributed by atoms with Crippen molar-refractivity contribution in [3.8, 4) is 51.7 Å². The van der Waals surface area contributed by atoms with Crippen molar-refractivity contribution in [3.63, 3.8) is 0 Å². The zero-order valence-electron chi connectivity index (χ0n) is 54.4. The van der Waals surface area contributed by atoms with Crippen molar-refractivity contribution >= 4 is 11.8 Å². The zero-order chi connectivity index (χ0) is 67.4. The van der Waals surface area contributed by atoms with E-state index in [1.807, 2.05) is 200 Å². The number of aliphatic hydroxyl groups excluding tert-OH is 1. The number of hydrogen-bond donors (Lipinski definition) is 3. The molecule has 0 spiro atoms. The molecule has 99 heavy (non-hydrogen) atoms. The molecular weight excluding hydrogens is 1240 g/mol. The summed E-state index contributed by atoms with van der Waals surface area (Å²) in [6.45, 7) is 2.88. The summed E-state index contributed by atoms with van der Waals surface area (Å²) in [7, 11) is 0. The van der Waals surface area contributed by atoms with Crippen LogP contribution in [0.1, 0.15) is 79.0 Å². The Morgan fingerprint density at radius 1 is 0.354 bits per heavy atom. The fraction of sp³-hybridized carbons (Fsp3) is 0.126. The molecule has 12 nitrogen and oxygen atoms in total. The molecule has 0 radical (unpaired) electrons. The van der Waals surface area contributed by atoms with Gasteiger partial charge in [0.15, 0.2) is 11.9 Å². The molecule has 12 aromatic carbocycles. The third kappa shape index (κ3) is 17.5. The fourth-order valence-corrected chi connectivity index (χ4v) is 11.6. The Morgan fingerprint density at radius 2 is 0.788 bits per heavy atom.